The van der Waals surface area contributed by atoms with E-state index >= 15 is 0 Å². The fraction of sp³-hybridized carbons (Fsp3) is 0.696. The summed E-state index contributed by atoms with van der Waals surface area (Å²) in [7, 11) is 0. The summed E-state index contributed by atoms with van der Waals surface area (Å²) in [6.07, 6.45) is 14.4. The Hall–Kier alpha value is -1.51. The van der Waals surface area contributed by atoms with Gasteiger partial charge in [-0.3, -0.25) is 0 Å². The summed E-state index contributed by atoms with van der Waals surface area (Å²) in [6.45, 7) is 9.09. The molecule has 1 saturated carbocycles. The number of anilines is 1. The molecule has 2 aromatic rings. The number of H-pyrrole nitrogens is 1. The molecule has 0 spiro atoms. The molecule has 142 valence electrons. The predicted octanol–water partition coefficient (Wildman–Crippen LogP) is 5.93. The summed E-state index contributed by atoms with van der Waals surface area (Å²) in [5.41, 5.74) is 5.41. The van der Waals surface area contributed by atoms with Crippen molar-refractivity contribution >= 4 is 16.7 Å². The molecule has 3 heterocycles. The summed E-state index contributed by atoms with van der Waals surface area (Å²) in [5, 5.41) is 1.44. The van der Waals surface area contributed by atoms with E-state index in [1.165, 1.54) is 91.5 Å². The van der Waals surface area contributed by atoms with Crippen LogP contribution in [-0.2, 0) is 6.42 Å². The zero-order valence-electron chi connectivity index (χ0n) is 16.9. The smallest absolute Gasteiger partial charge is 0.152 e. The van der Waals surface area contributed by atoms with Gasteiger partial charge in [0.1, 0.15) is 0 Å². The first kappa shape index (κ1) is 17.9. The first-order valence-electron chi connectivity index (χ1n) is 10.9. The molecule has 1 aliphatic carbocycles. The van der Waals surface area contributed by atoms with Gasteiger partial charge in [-0.1, -0.05) is 45.4 Å². The van der Waals surface area contributed by atoms with Crippen LogP contribution in [0, 0.1) is 25.7 Å². The lowest BCUT2D eigenvalue weighted by Gasteiger charge is -2.39. The highest BCUT2D eigenvalue weighted by Gasteiger charge is 2.30. The minimum atomic E-state index is 0.869. The van der Waals surface area contributed by atoms with Gasteiger partial charge in [-0.25, -0.2) is 4.98 Å². The van der Waals surface area contributed by atoms with Crippen LogP contribution in [0.5, 0.6) is 0 Å². The first-order valence-corrected chi connectivity index (χ1v) is 10.9. The van der Waals surface area contributed by atoms with Crippen LogP contribution in [-0.4, -0.2) is 23.1 Å². The second kappa shape index (κ2) is 7.62. The van der Waals surface area contributed by atoms with E-state index in [4.69, 9.17) is 4.98 Å². The van der Waals surface area contributed by atoms with Gasteiger partial charge in [0.15, 0.2) is 5.82 Å². The third kappa shape index (κ3) is 3.25. The maximum atomic E-state index is 4.98. The van der Waals surface area contributed by atoms with Crippen LogP contribution in [0.3, 0.4) is 0 Å². The number of rotatable bonds is 4. The molecule has 1 aliphatic heterocycles. The lowest BCUT2D eigenvalue weighted by molar-refractivity contribution is 0.220. The Kier molecular flexibility index (Phi) is 5.24. The first-order chi connectivity index (χ1) is 12.7. The van der Waals surface area contributed by atoms with E-state index in [0.717, 1.165) is 24.8 Å². The van der Waals surface area contributed by atoms with E-state index in [1.807, 2.05) is 0 Å². The van der Waals surface area contributed by atoms with Gasteiger partial charge in [-0.05, 0) is 56.1 Å². The molecule has 0 radical (unpaired) electrons. The number of hydrogen-bond acceptors (Lipinski definition) is 2. The number of nitrogens with one attached hydrogen (secondary N) is 1. The highest BCUT2D eigenvalue weighted by Crippen LogP contribution is 2.38. The lowest BCUT2D eigenvalue weighted by Crippen LogP contribution is -2.39. The number of aromatic nitrogens is 2. The van der Waals surface area contributed by atoms with Crippen LogP contribution >= 0.6 is 0 Å². The molecular formula is C23H35N3. The van der Waals surface area contributed by atoms with Crippen molar-refractivity contribution in [2.75, 3.05) is 18.0 Å². The van der Waals surface area contributed by atoms with Crippen molar-refractivity contribution in [3.05, 3.63) is 23.0 Å². The van der Waals surface area contributed by atoms with Crippen molar-refractivity contribution in [1.82, 2.24) is 9.97 Å². The predicted molar refractivity (Wildman–Crippen MR) is 111 cm³/mol. The van der Waals surface area contributed by atoms with Crippen LogP contribution in [0.4, 0.5) is 5.82 Å². The van der Waals surface area contributed by atoms with Crippen molar-refractivity contribution in [3.8, 4) is 0 Å². The van der Waals surface area contributed by atoms with E-state index < -0.39 is 0 Å². The van der Waals surface area contributed by atoms with Crippen molar-refractivity contribution in [1.29, 1.82) is 0 Å². The quantitative estimate of drug-likeness (QED) is 0.739. The summed E-state index contributed by atoms with van der Waals surface area (Å²) in [5.74, 6) is 3.03. The highest BCUT2D eigenvalue weighted by atomic mass is 15.2. The second-order valence-corrected chi connectivity index (χ2v) is 8.73. The third-order valence-corrected chi connectivity index (χ3v) is 6.98. The molecule has 1 unspecified atom stereocenters. The summed E-state index contributed by atoms with van der Waals surface area (Å²) >= 11 is 0. The molecular weight excluding hydrogens is 318 g/mol. The Bertz CT molecular complexity index is 754. The molecule has 3 nitrogen and oxygen atoms in total. The van der Waals surface area contributed by atoms with E-state index in [0.29, 0.717) is 0 Å². The Morgan fingerprint density at radius 2 is 1.85 bits per heavy atom. The molecule has 2 fully saturated rings. The van der Waals surface area contributed by atoms with Crippen LogP contribution in [0.25, 0.3) is 10.9 Å². The van der Waals surface area contributed by atoms with Gasteiger partial charge in [0.05, 0.1) is 5.52 Å². The van der Waals surface area contributed by atoms with Crippen LogP contribution in [0.2, 0.25) is 0 Å². The van der Waals surface area contributed by atoms with Gasteiger partial charge < -0.3 is 9.88 Å². The number of hydrogen-bond donors (Lipinski definition) is 1. The van der Waals surface area contributed by atoms with Crippen LogP contribution in [0.1, 0.15) is 75.1 Å². The summed E-state index contributed by atoms with van der Waals surface area (Å²) < 4.78 is 0. The standard InChI is InChI=1S/C23H35N3/c1-4-9-19-14-24-23(22-21(19)16(2)17(3)25-22)26-13-8-12-20(15-26)18-10-6-5-7-11-18/h14,18,20,25H,4-13,15H2,1-3H3. The SMILES string of the molecule is CCCc1cnc(N2CCCC(C3CCCCC3)C2)c2[nH]c(C)c(C)c12. The molecule has 4 rings (SSSR count). The molecule has 0 bridgehead atoms. The average Bonchev–Trinajstić information content (AvgIpc) is 2.98. The highest BCUT2D eigenvalue weighted by molar-refractivity contribution is 5.95. The number of fused-ring (bicyclic) bond motifs is 1. The third-order valence-electron chi connectivity index (χ3n) is 6.98. The van der Waals surface area contributed by atoms with E-state index in [2.05, 4.69) is 36.9 Å². The molecule has 0 amide bonds. The van der Waals surface area contributed by atoms with Gasteiger partial charge in [0.25, 0.3) is 0 Å². The van der Waals surface area contributed by atoms with Crippen LogP contribution in [0.15, 0.2) is 6.20 Å². The van der Waals surface area contributed by atoms with Gasteiger partial charge in [-0.15, -0.1) is 0 Å². The normalized spacial score (nSPS) is 22.3. The second-order valence-electron chi connectivity index (χ2n) is 8.73. The van der Waals surface area contributed by atoms with Crippen molar-refractivity contribution in [2.45, 2.75) is 78.6 Å². The Morgan fingerprint density at radius 1 is 1.08 bits per heavy atom. The van der Waals surface area contributed by atoms with E-state index in [1.54, 1.807) is 0 Å². The number of aryl methyl sites for hydroxylation is 3. The minimum absolute atomic E-state index is 0.869. The number of nitrogens with zero attached hydrogens (tertiary/aromatic N) is 2. The molecule has 2 aromatic heterocycles. The maximum Gasteiger partial charge on any atom is 0.152 e. The lowest BCUT2D eigenvalue weighted by atomic mass is 9.76. The fourth-order valence-electron chi connectivity index (χ4n) is 5.45. The Balaban J connectivity index is 1.65. The topological polar surface area (TPSA) is 31.9 Å². The molecule has 1 N–H and O–H groups in total. The molecule has 1 saturated heterocycles. The van der Waals surface area contributed by atoms with Gasteiger partial charge >= 0.3 is 0 Å². The minimum Gasteiger partial charge on any atom is -0.355 e. The fourth-order valence-corrected chi connectivity index (χ4v) is 5.45. The number of pyridine rings is 1. The van der Waals surface area contributed by atoms with Gasteiger partial charge in [0.2, 0.25) is 0 Å². The zero-order chi connectivity index (χ0) is 18.1. The number of piperidine rings is 1. The Labute approximate surface area is 158 Å². The molecule has 1 atom stereocenters. The monoisotopic (exact) mass is 353 g/mol. The largest absolute Gasteiger partial charge is 0.355 e. The van der Waals surface area contributed by atoms with Gasteiger partial charge in [-0.2, -0.15) is 0 Å². The summed E-state index contributed by atoms with van der Waals surface area (Å²) in [6, 6.07) is 0. The zero-order valence-corrected chi connectivity index (χ0v) is 16.9. The van der Waals surface area contributed by atoms with Gasteiger partial charge in [0, 0.05) is 30.4 Å². The molecule has 2 aliphatic rings. The van der Waals surface area contributed by atoms with Crippen molar-refractivity contribution in [3.63, 3.8) is 0 Å². The molecule has 26 heavy (non-hydrogen) atoms. The molecule has 3 heteroatoms. The van der Waals surface area contributed by atoms with E-state index in [-0.39, 0.29) is 0 Å². The number of aromatic amines is 1. The van der Waals surface area contributed by atoms with Crippen molar-refractivity contribution in [2.24, 2.45) is 11.8 Å². The van der Waals surface area contributed by atoms with E-state index in [9.17, 15) is 0 Å². The average molecular weight is 354 g/mol. The summed E-state index contributed by atoms with van der Waals surface area (Å²) in [4.78, 5) is 11.3. The van der Waals surface area contributed by atoms with Crippen molar-refractivity contribution < 1.29 is 0 Å². The molecule has 0 aromatic carbocycles. The van der Waals surface area contributed by atoms with Crippen LogP contribution < -0.4 is 4.90 Å². The Morgan fingerprint density at radius 3 is 2.62 bits per heavy atom. The maximum absolute atomic E-state index is 4.98.